The van der Waals surface area contributed by atoms with E-state index in [0.29, 0.717) is 5.56 Å². The Hall–Kier alpha value is -2.56. The van der Waals surface area contributed by atoms with Crippen LogP contribution in [0.15, 0.2) is 51.7 Å². The zero-order chi connectivity index (χ0) is 13.4. The Morgan fingerprint density at radius 1 is 1.00 bits per heavy atom. The second kappa shape index (κ2) is 4.28. The summed E-state index contributed by atoms with van der Waals surface area (Å²) in [6.45, 7) is 0. The molecule has 0 unspecified atom stereocenters. The van der Waals surface area contributed by atoms with E-state index in [4.69, 9.17) is 4.42 Å². The first-order valence-corrected chi connectivity index (χ1v) is 5.50. The van der Waals surface area contributed by atoms with Crippen LogP contribution in [0.4, 0.5) is 8.78 Å². The SMILES string of the molecule is O=c1oc(-c2ccc(F)cc2)nc2cccc(F)c12. The van der Waals surface area contributed by atoms with E-state index in [0.717, 1.165) is 0 Å². The van der Waals surface area contributed by atoms with Crippen molar-refractivity contribution in [3.8, 4) is 11.5 Å². The predicted octanol–water partition coefficient (Wildman–Crippen LogP) is 3.13. The van der Waals surface area contributed by atoms with Gasteiger partial charge in [0.25, 0.3) is 0 Å². The van der Waals surface area contributed by atoms with Crippen LogP contribution in [0.5, 0.6) is 0 Å². The van der Waals surface area contributed by atoms with Crippen LogP contribution in [0.1, 0.15) is 0 Å². The van der Waals surface area contributed by atoms with Gasteiger partial charge in [0, 0.05) is 5.56 Å². The molecule has 3 rings (SSSR count). The van der Waals surface area contributed by atoms with Crippen LogP contribution in [0.25, 0.3) is 22.4 Å². The Morgan fingerprint density at radius 2 is 1.74 bits per heavy atom. The highest BCUT2D eigenvalue weighted by Crippen LogP contribution is 2.19. The average molecular weight is 259 g/mol. The lowest BCUT2D eigenvalue weighted by molar-refractivity contribution is 0.513. The zero-order valence-corrected chi connectivity index (χ0v) is 9.56. The molecule has 0 aliphatic rings. The predicted molar refractivity (Wildman–Crippen MR) is 65.6 cm³/mol. The quantitative estimate of drug-likeness (QED) is 0.674. The van der Waals surface area contributed by atoms with Gasteiger partial charge in [0.05, 0.1) is 5.52 Å². The molecule has 1 heterocycles. The van der Waals surface area contributed by atoms with Gasteiger partial charge in [-0.15, -0.1) is 0 Å². The number of rotatable bonds is 1. The van der Waals surface area contributed by atoms with Crippen molar-refractivity contribution in [2.45, 2.75) is 0 Å². The third kappa shape index (κ3) is 1.99. The minimum atomic E-state index is -0.803. The molecule has 3 nitrogen and oxygen atoms in total. The summed E-state index contributed by atoms with van der Waals surface area (Å²) in [6, 6.07) is 9.47. The molecule has 0 aliphatic carbocycles. The monoisotopic (exact) mass is 259 g/mol. The lowest BCUT2D eigenvalue weighted by Gasteiger charge is -2.02. The van der Waals surface area contributed by atoms with Crippen molar-refractivity contribution in [2.24, 2.45) is 0 Å². The molecule has 5 heteroatoms. The number of halogens is 2. The van der Waals surface area contributed by atoms with Gasteiger partial charge < -0.3 is 4.42 Å². The molecule has 0 atom stereocenters. The molecule has 94 valence electrons. The van der Waals surface area contributed by atoms with Gasteiger partial charge in [-0.2, -0.15) is 0 Å². The van der Waals surface area contributed by atoms with Gasteiger partial charge in [-0.25, -0.2) is 18.6 Å². The van der Waals surface area contributed by atoms with Gasteiger partial charge in [-0.05, 0) is 36.4 Å². The maximum atomic E-state index is 13.5. The van der Waals surface area contributed by atoms with E-state index >= 15 is 0 Å². The largest absolute Gasteiger partial charge is 0.403 e. The number of nitrogens with zero attached hydrogens (tertiary/aromatic N) is 1. The minimum Gasteiger partial charge on any atom is -0.403 e. The maximum Gasteiger partial charge on any atom is 0.350 e. The molecule has 1 aromatic heterocycles. The van der Waals surface area contributed by atoms with Crippen LogP contribution in [0.3, 0.4) is 0 Å². The Kier molecular flexibility index (Phi) is 2.59. The van der Waals surface area contributed by atoms with Gasteiger partial charge in [0.2, 0.25) is 5.89 Å². The Morgan fingerprint density at radius 3 is 2.47 bits per heavy atom. The summed E-state index contributed by atoms with van der Waals surface area (Å²) in [5.41, 5.74) is -0.150. The van der Waals surface area contributed by atoms with Crippen molar-refractivity contribution in [2.75, 3.05) is 0 Å². The van der Waals surface area contributed by atoms with Crippen LogP contribution < -0.4 is 5.63 Å². The van der Waals surface area contributed by atoms with E-state index < -0.39 is 17.3 Å². The number of fused-ring (bicyclic) bond motifs is 1. The van der Waals surface area contributed by atoms with Crippen molar-refractivity contribution < 1.29 is 13.2 Å². The molecule has 0 saturated heterocycles. The van der Waals surface area contributed by atoms with Gasteiger partial charge in [0.15, 0.2) is 0 Å². The summed E-state index contributed by atoms with van der Waals surface area (Å²) < 4.78 is 31.3. The van der Waals surface area contributed by atoms with Crippen LogP contribution in [-0.2, 0) is 0 Å². The number of hydrogen-bond acceptors (Lipinski definition) is 3. The normalized spacial score (nSPS) is 10.8. The van der Waals surface area contributed by atoms with E-state index in [9.17, 15) is 13.6 Å². The maximum absolute atomic E-state index is 13.5. The Labute approximate surface area is 106 Å². The highest BCUT2D eigenvalue weighted by atomic mass is 19.1. The molecule has 19 heavy (non-hydrogen) atoms. The highest BCUT2D eigenvalue weighted by Gasteiger charge is 2.11. The molecule has 0 fully saturated rings. The van der Waals surface area contributed by atoms with Crippen molar-refractivity contribution in [1.29, 1.82) is 0 Å². The molecule has 0 radical (unpaired) electrons. The van der Waals surface area contributed by atoms with Gasteiger partial charge in [0.1, 0.15) is 17.0 Å². The third-order valence-electron chi connectivity index (χ3n) is 2.70. The fraction of sp³-hybridized carbons (Fsp3) is 0. The van der Waals surface area contributed by atoms with Crippen molar-refractivity contribution in [1.82, 2.24) is 4.98 Å². The molecule has 0 amide bonds. The topological polar surface area (TPSA) is 43.1 Å². The second-order valence-corrected chi connectivity index (χ2v) is 3.95. The molecular weight excluding hydrogens is 252 g/mol. The fourth-order valence-corrected chi connectivity index (χ4v) is 1.79. The molecule has 0 saturated carbocycles. The second-order valence-electron chi connectivity index (χ2n) is 3.95. The van der Waals surface area contributed by atoms with E-state index in [1.807, 2.05) is 0 Å². The number of benzene rings is 2. The first-order chi connectivity index (χ1) is 9.15. The van der Waals surface area contributed by atoms with E-state index in [1.165, 1.54) is 42.5 Å². The molecule has 0 N–H and O–H groups in total. The van der Waals surface area contributed by atoms with Crippen LogP contribution >= 0.6 is 0 Å². The van der Waals surface area contributed by atoms with E-state index in [2.05, 4.69) is 4.98 Å². The Bertz CT molecular complexity index is 810. The van der Waals surface area contributed by atoms with Crippen LogP contribution in [-0.4, -0.2) is 4.98 Å². The van der Waals surface area contributed by atoms with Crippen molar-refractivity contribution in [3.63, 3.8) is 0 Å². The summed E-state index contributed by atoms with van der Waals surface area (Å²) in [7, 11) is 0. The lowest BCUT2D eigenvalue weighted by Crippen LogP contribution is -2.05. The van der Waals surface area contributed by atoms with Crippen LogP contribution in [0.2, 0.25) is 0 Å². The molecule has 0 aliphatic heterocycles. The highest BCUT2D eigenvalue weighted by molar-refractivity contribution is 5.79. The molecule has 0 bridgehead atoms. The first-order valence-electron chi connectivity index (χ1n) is 5.50. The van der Waals surface area contributed by atoms with Gasteiger partial charge in [-0.3, -0.25) is 0 Å². The van der Waals surface area contributed by atoms with Crippen molar-refractivity contribution in [3.05, 3.63) is 64.5 Å². The summed E-state index contributed by atoms with van der Waals surface area (Å²) in [6.07, 6.45) is 0. The minimum absolute atomic E-state index is 0.0306. The van der Waals surface area contributed by atoms with E-state index in [-0.39, 0.29) is 16.8 Å². The molecule has 2 aromatic carbocycles. The standard InChI is InChI=1S/C14H7F2NO2/c15-9-6-4-8(5-7-9)13-17-11-3-1-2-10(16)12(11)14(18)19-13/h1-7H. The summed E-state index contributed by atoms with van der Waals surface area (Å²) >= 11 is 0. The zero-order valence-electron chi connectivity index (χ0n) is 9.56. The van der Waals surface area contributed by atoms with Crippen LogP contribution in [0, 0.1) is 11.6 Å². The Balaban J connectivity index is 2.27. The first kappa shape index (κ1) is 11.5. The fourth-order valence-electron chi connectivity index (χ4n) is 1.79. The summed E-state index contributed by atoms with van der Waals surface area (Å²) in [5.74, 6) is -1.05. The average Bonchev–Trinajstić information content (AvgIpc) is 2.39. The summed E-state index contributed by atoms with van der Waals surface area (Å²) in [5, 5.41) is -0.187. The number of hydrogen-bond donors (Lipinski definition) is 0. The molecule has 0 spiro atoms. The lowest BCUT2D eigenvalue weighted by atomic mass is 10.2. The van der Waals surface area contributed by atoms with Gasteiger partial charge >= 0.3 is 5.63 Å². The van der Waals surface area contributed by atoms with Crippen molar-refractivity contribution >= 4 is 10.9 Å². The van der Waals surface area contributed by atoms with E-state index in [1.54, 1.807) is 0 Å². The molecular formula is C14H7F2NO2. The summed E-state index contributed by atoms with van der Waals surface area (Å²) in [4.78, 5) is 15.8. The smallest absolute Gasteiger partial charge is 0.350 e. The number of aromatic nitrogens is 1. The van der Waals surface area contributed by atoms with Gasteiger partial charge in [-0.1, -0.05) is 6.07 Å². The third-order valence-corrected chi connectivity index (χ3v) is 2.70. The molecule has 3 aromatic rings.